The van der Waals surface area contributed by atoms with Crippen molar-refractivity contribution in [3.05, 3.63) is 46.2 Å². The van der Waals surface area contributed by atoms with E-state index < -0.39 is 12.0 Å². The first-order chi connectivity index (χ1) is 12.2. The van der Waals surface area contributed by atoms with Gasteiger partial charge in [-0.15, -0.1) is 11.3 Å². The van der Waals surface area contributed by atoms with E-state index in [2.05, 4.69) is 0 Å². The lowest BCUT2D eigenvalue weighted by Gasteiger charge is -2.33. The third kappa shape index (κ3) is 3.46. The Hall–Kier alpha value is -2.54. The smallest absolute Gasteiger partial charge is 0.333 e. The molecule has 1 atom stereocenters. The number of hydrogen-bond acceptors (Lipinski definition) is 6. The van der Waals surface area contributed by atoms with E-state index >= 15 is 0 Å². The normalized spacial score (nSPS) is 16.1. The number of ether oxygens (including phenoxy) is 3. The van der Waals surface area contributed by atoms with Gasteiger partial charge in [-0.05, 0) is 35.6 Å². The number of carbonyl (C=O) groups excluding carboxylic acids is 2. The highest BCUT2D eigenvalue weighted by Crippen LogP contribution is 2.34. The van der Waals surface area contributed by atoms with Gasteiger partial charge in [-0.3, -0.25) is 4.79 Å². The van der Waals surface area contributed by atoms with E-state index in [1.54, 1.807) is 36.6 Å². The molecule has 0 aliphatic carbocycles. The van der Waals surface area contributed by atoms with E-state index in [0.29, 0.717) is 18.0 Å². The van der Waals surface area contributed by atoms with Gasteiger partial charge in [0, 0.05) is 11.4 Å². The molecule has 0 spiro atoms. The Bertz CT molecular complexity index is 772. The van der Waals surface area contributed by atoms with Crippen LogP contribution in [0, 0.1) is 0 Å². The number of hydrogen-bond donors (Lipinski definition) is 0. The molecule has 1 aliphatic rings. The fourth-order valence-electron chi connectivity index (χ4n) is 2.91. The molecule has 0 N–H and O–H groups in total. The Labute approximate surface area is 149 Å². The molecule has 2 aromatic rings. The predicted molar refractivity (Wildman–Crippen MR) is 93.0 cm³/mol. The second-order valence-corrected chi connectivity index (χ2v) is 6.50. The molecule has 0 saturated heterocycles. The van der Waals surface area contributed by atoms with Crippen LogP contribution < -0.4 is 9.47 Å². The van der Waals surface area contributed by atoms with Gasteiger partial charge < -0.3 is 19.1 Å². The summed E-state index contributed by atoms with van der Waals surface area (Å²) in [5, 5.41) is 1.93. The first-order valence-electron chi connectivity index (χ1n) is 7.85. The third-order valence-electron chi connectivity index (χ3n) is 4.13. The molecule has 132 valence electrons. The summed E-state index contributed by atoms with van der Waals surface area (Å²) in [6.07, 6.45) is 0.723. The van der Waals surface area contributed by atoms with E-state index in [1.807, 2.05) is 17.5 Å². The lowest BCUT2D eigenvalue weighted by molar-refractivity contribution is -0.154. The number of benzene rings is 1. The van der Waals surface area contributed by atoms with Crippen molar-refractivity contribution in [3.8, 4) is 11.5 Å². The number of methoxy groups -OCH3 is 2. The lowest BCUT2D eigenvalue weighted by atomic mass is 10.00. The number of amides is 1. The van der Waals surface area contributed by atoms with Gasteiger partial charge in [-0.1, -0.05) is 12.1 Å². The van der Waals surface area contributed by atoms with Crippen LogP contribution in [0.2, 0.25) is 0 Å². The number of fused-ring (bicyclic) bond motifs is 1. The average Bonchev–Trinajstić information content (AvgIpc) is 3.13. The zero-order valence-electron chi connectivity index (χ0n) is 14.1. The van der Waals surface area contributed by atoms with Crippen molar-refractivity contribution in [1.82, 2.24) is 4.90 Å². The van der Waals surface area contributed by atoms with Gasteiger partial charge in [0.05, 0.1) is 14.2 Å². The summed E-state index contributed by atoms with van der Waals surface area (Å²) in [4.78, 5) is 27.6. The molecule has 0 fully saturated rings. The standard InChI is InChI=1S/C18H19NO5S/c1-22-13-5-3-4-6-14(13)24-11-16(20)19-9-7-15-12(8-10-25-15)17(19)18(21)23-2/h3-6,8,10,17H,7,9,11H2,1-2H3. The van der Waals surface area contributed by atoms with Crippen molar-refractivity contribution in [1.29, 1.82) is 0 Å². The van der Waals surface area contributed by atoms with Crippen LogP contribution in [0.4, 0.5) is 0 Å². The summed E-state index contributed by atoms with van der Waals surface area (Å²) in [6, 6.07) is 8.28. The second-order valence-electron chi connectivity index (χ2n) is 5.50. The number of nitrogens with zero attached hydrogens (tertiary/aromatic N) is 1. The molecule has 1 amide bonds. The van der Waals surface area contributed by atoms with Crippen LogP contribution in [0.15, 0.2) is 35.7 Å². The second kappa shape index (κ2) is 7.57. The monoisotopic (exact) mass is 361 g/mol. The maximum absolute atomic E-state index is 12.7. The van der Waals surface area contributed by atoms with E-state index in [4.69, 9.17) is 14.2 Å². The Morgan fingerprint density at radius 3 is 2.68 bits per heavy atom. The molecule has 1 aromatic carbocycles. The quantitative estimate of drug-likeness (QED) is 0.766. The summed E-state index contributed by atoms with van der Waals surface area (Å²) in [5.41, 5.74) is 0.841. The Morgan fingerprint density at radius 2 is 1.96 bits per heavy atom. The molecule has 6 nitrogen and oxygen atoms in total. The Morgan fingerprint density at radius 1 is 1.20 bits per heavy atom. The molecule has 7 heteroatoms. The third-order valence-corrected chi connectivity index (χ3v) is 5.13. The molecule has 0 bridgehead atoms. The van der Waals surface area contributed by atoms with Crippen LogP contribution in [0.5, 0.6) is 11.5 Å². The molecule has 25 heavy (non-hydrogen) atoms. The number of esters is 1. The van der Waals surface area contributed by atoms with Gasteiger partial charge in [0.1, 0.15) is 0 Å². The average molecular weight is 361 g/mol. The SMILES string of the molecule is COC(=O)C1c2ccsc2CCN1C(=O)COc1ccccc1OC. The topological polar surface area (TPSA) is 65.1 Å². The molecule has 3 rings (SSSR count). The number of thiophene rings is 1. The van der Waals surface area contributed by atoms with Crippen molar-refractivity contribution in [2.24, 2.45) is 0 Å². The van der Waals surface area contributed by atoms with Gasteiger partial charge in [-0.2, -0.15) is 0 Å². The highest BCUT2D eigenvalue weighted by molar-refractivity contribution is 7.10. The van der Waals surface area contributed by atoms with Crippen LogP contribution in [0.3, 0.4) is 0 Å². The first-order valence-corrected chi connectivity index (χ1v) is 8.73. The van der Waals surface area contributed by atoms with Crippen LogP contribution in [-0.2, 0) is 20.7 Å². The Kier molecular flexibility index (Phi) is 5.23. The molecular formula is C18H19NO5S. The predicted octanol–water partition coefficient (Wildman–Crippen LogP) is 2.43. The van der Waals surface area contributed by atoms with Gasteiger partial charge in [0.25, 0.3) is 5.91 Å². The summed E-state index contributed by atoms with van der Waals surface area (Å²) in [7, 11) is 2.87. The molecule has 2 heterocycles. The minimum atomic E-state index is -0.714. The van der Waals surface area contributed by atoms with Gasteiger partial charge in [0.15, 0.2) is 24.1 Å². The van der Waals surface area contributed by atoms with Crippen molar-refractivity contribution >= 4 is 23.2 Å². The van der Waals surface area contributed by atoms with E-state index in [-0.39, 0.29) is 12.5 Å². The first kappa shape index (κ1) is 17.3. The zero-order valence-corrected chi connectivity index (χ0v) is 14.9. The highest BCUT2D eigenvalue weighted by atomic mass is 32.1. The fourth-order valence-corrected chi connectivity index (χ4v) is 3.82. The Balaban J connectivity index is 1.75. The maximum Gasteiger partial charge on any atom is 0.333 e. The van der Waals surface area contributed by atoms with Crippen molar-refractivity contribution < 1.29 is 23.8 Å². The fraction of sp³-hybridized carbons (Fsp3) is 0.333. The molecule has 1 aromatic heterocycles. The highest BCUT2D eigenvalue weighted by Gasteiger charge is 2.37. The van der Waals surface area contributed by atoms with Crippen molar-refractivity contribution in [2.45, 2.75) is 12.5 Å². The molecule has 1 aliphatic heterocycles. The number of rotatable bonds is 5. The van der Waals surface area contributed by atoms with Crippen molar-refractivity contribution in [3.63, 3.8) is 0 Å². The van der Waals surface area contributed by atoms with E-state index in [0.717, 1.165) is 16.9 Å². The maximum atomic E-state index is 12.7. The minimum Gasteiger partial charge on any atom is -0.493 e. The molecule has 1 unspecified atom stereocenters. The van der Waals surface area contributed by atoms with Crippen LogP contribution in [0.1, 0.15) is 16.5 Å². The summed E-state index contributed by atoms with van der Waals surface area (Å²) in [5.74, 6) is 0.336. The van der Waals surface area contributed by atoms with Crippen LogP contribution in [0.25, 0.3) is 0 Å². The van der Waals surface area contributed by atoms with Crippen molar-refractivity contribution in [2.75, 3.05) is 27.4 Å². The molecule has 0 radical (unpaired) electrons. The summed E-state index contributed by atoms with van der Waals surface area (Å²) >= 11 is 1.59. The zero-order chi connectivity index (χ0) is 17.8. The van der Waals surface area contributed by atoms with Gasteiger partial charge in [-0.25, -0.2) is 4.79 Å². The van der Waals surface area contributed by atoms with Gasteiger partial charge >= 0.3 is 5.97 Å². The molecular weight excluding hydrogens is 342 g/mol. The van der Waals surface area contributed by atoms with Crippen LogP contribution in [-0.4, -0.2) is 44.1 Å². The molecule has 0 saturated carbocycles. The number of para-hydroxylation sites is 2. The van der Waals surface area contributed by atoms with Crippen LogP contribution >= 0.6 is 11.3 Å². The van der Waals surface area contributed by atoms with E-state index in [9.17, 15) is 9.59 Å². The largest absolute Gasteiger partial charge is 0.493 e. The minimum absolute atomic E-state index is 0.173. The van der Waals surface area contributed by atoms with E-state index in [1.165, 1.54) is 12.0 Å². The summed E-state index contributed by atoms with van der Waals surface area (Å²) in [6.45, 7) is 0.286. The lowest BCUT2D eigenvalue weighted by Crippen LogP contribution is -2.45. The summed E-state index contributed by atoms with van der Waals surface area (Å²) < 4.78 is 15.7. The van der Waals surface area contributed by atoms with Gasteiger partial charge in [0.2, 0.25) is 0 Å². The number of carbonyl (C=O) groups is 2.